The number of phenolic OH excluding ortho intramolecular Hbond substituents is 1. The van der Waals surface area contributed by atoms with Crippen molar-refractivity contribution >= 4 is 29.3 Å². The van der Waals surface area contributed by atoms with Gasteiger partial charge in [0.25, 0.3) is 0 Å². The molecule has 3 rings (SSSR count). The molecule has 0 radical (unpaired) electrons. The van der Waals surface area contributed by atoms with Crippen LogP contribution in [0.5, 0.6) is 5.75 Å². The molecule has 0 aliphatic carbocycles. The number of nitrogens with zero attached hydrogens (tertiary/aromatic N) is 4. The number of carbonyl (C=O) groups excluding carboxylic acids is 2. The molecule has 2 N–H and O–H groups in total. The smallest absolute Gasteiger partial charge is 0.244 e. The van der Waals surface area contributed by atoms with Crippen LogP contribution in [0.1, 0.15) is 13.8 Å². The van der Waals surface area contributed by atoms with Gasteiger partial charge in [-0.3, -0.25) is 9.59 Å². The number of aromatic hydroxyl groups is 1. The monoisotopic (exact) mass is 457 g/mol. The lowest BCUT2D eigenvalue weighted by Gasteiger charge is -2.18. The van der Waals surface area contributed by atoms with Crippen molar-refractivity contribution in [2.45, 2.75) is 25.5 Å². The molecule has 0 unspecified atom stereocenters. The predicted octanol–water partition coefficient (Wildman–Crippen LogP) is 3.39. The molecule has 0 spiro atoms. The maximum Gasteiger partial charge on any atom is 0.244 e. The van der Waals surface area contributed by atoms with Gasteiger partial charge < -0.3 is 15.3 Å². The normalized spacial score (nSPS) is 10.7. The Bertz CT molecular complexity index is 1080. The number of hydrogen-bond acceptors (Lipinski definition) is 6. The number of nitrogens with one attached hydrogen (secondary N) is 1. The summed E-state index contributed by atoms with van der Waals surface area (Å²) in [6.07, 6.45) is 0. The Morgan fingerprint density at radius 2 is 1.81 bits per heavy atom. The summed E-state index contributed by atoms with van der Waals surface area (Å²) in [5.74, 6) is -0.533. The number of aromatic nitrogens is 3. The molecule has 0 saturated heterocycles. The molecule has 2 amide bonds. The molecule has 2 aromatic carbocycles. The average molecular weight is 458 g/mol. The molecular weight excluding hydrogens is 433 g/mol. The minimum Gasteiger partial charge on any atom is -0.507 e. The number of hydrogen-bond donors (Lipinski definition) is 2. The van der Waals surface area contributed by atoms with Gasteiger partial charge in [-0.15, -0.1) is 5.10 Å². The molecular formula is C22H24FN5O3S. The van der Waals surface area contributed by atoms with E-state index in [0.29, 0.717) is 29.5 Å². The van der Waals surface area contributed by atoms with E-state index in [4.69, 9.17) is 0 Å². The van der Waals surface area contributed by atoms with Crippen molar-refractivity contribution < 1.29 is 19.1 Å². The third-order valence-corrected chi connectivity index (χ3v) is 5.61. The number of carbonyl (C=O) groups is 2. The lowest BCUT2D eigenvalue weighted by molar-refractivity contribution is -0.131. The van der Waals surface area contributed by atoms with Crippen molar-refractivity contribution in [3.8, 4) is 17.1 Å². The Morgan fingerprint density at radius 1 is 1.12 bits per heavy atom. The maximum absolute atomic E-state index is 13.0. The summed E-state index contributed by atoms with van der Waals surface area (Å²) in [6.45, 7) is 4.89. The molecule has 0 saturated carbocycles. The Morgan fingerprint density at radius 3 is 2.47 bits per heavy atom. The Kier molecular flexibility index (Phi) is 7.82. The van der Waals surface area contributed by atoms with Crippen molar-refractivity contribution in [1.29, 1.82) is 0 Å². The lowest BCUT2D eigenvalue weighted by atomic mass is 10.2. The second kappa shape index (κ2) is 10.8. The fourth-order valence-corrected chi connectivity index (χ4v) is 3.72. The summed E-state index contributed by atoms with van der Waals surface area (Å²) in [5, 5.41) is 17.6. The number of rotatable bonds is 9. The summed E-state index contributed by atoms with van der Waals surface area (Å²) < 4.78 is 14.5. The van der Waals surface area contributed by atoms with Crippen molar-refractivity contribution in [2.24, 2.45) is 0 Å². The summed E-state index contributed by atoms with van der Waals surface area (Å²) in [5.41, 5.74) is 0.907. The molecule has 10 heteroatoms. The molecule has 1 heterocycles. The van der Waals surface area contributed by atoms with Crippen LogP contribution in [0.25, 0.3) is 11.4 Å². The first kappa shape index (κ1) is 23.3. The quantitative estimate of drug-likeness (QED) is 0.478. The molecule has 8 nitrogen and oxygen atoms in total. The van der Waals surface area contributed by atoms with Crippen LogP contribution in [-0.2, 0) is 16.1 Å². The predicted molar refractivity (Wildman–Crippen MR) is 121 cm³/mol. The van der Waals surface area contributed by atoms with E-state index >= 15 is 0 Å². The molecule has 0 atom stereocenters. The number of anilines is 1. The van der Waals surface area contributed by atoms with Gasteiger partial charge in [0, 0.05) is 18.8 Å². The molecule has 1 aromatic heterocycles. The van der Waals surface area contributed by atoms with E-state index in [-0.39, 0.29) is 41.5 Å². The second-order valence-corrected chi connectivity index (χ2v) is 7.75. The third kappa shape index (κ3) is 5.85. The zero-order valence-electron chi connectivity index (χ0n) is 17.8. The van der Waals surface area contributed by atoms with E-state index in [1.165, 1.54) is 35.0 Å². The number of thioether (sulfide) groups is 1. The summed E-state index contributed by atoms with van der Waals surface area (Å²) in [4.78, 5) is 31.1. The highest BCUT2D eigenvalue weighted by molar-refractivity contribution is 7.99. The third-order valence-electron chi connectivity index (χ3n) is 4.64. The van der Waals surface area contributed by atoms with E-state index in [9.17, 15) is 19.1 Å². The van der Waals surface area contributed by atoms with Crippen molar-refractivity contribution in [3.63, 3.8) is 0 Å². The van der Waals surface area contributed by atoms with E-state index in [1.54, 1.807) is 23.1 Å². The van der Waals surface area contributed by atoms with Crippen LogP contribution in [0.4, 0.5) is 10.1 Å². The van der Waals surface area contributed by atoms with E-state index in [1.807, 2.05) is 13.8 Å². The maximum atomic E-state index is 13.0. The first-order chi connectivity index (χ1) is 15.4. The summed E-state index contributed by atoms with van der Waals surface area (Å²) in [6, 6.07) is 12.1. The standard InChI is InChI=1S/C22H24FN5O3S/c1-3-27(4-2)20(31)13-28-22(25-21(26-28)17-7-5-6-8-18(17)29)32-14-19(30)24-16-11-9-15(23)10-12-16/h5-12,29H,3-4,13-14H2,1-2H3,(H,24,30). The highest BCUT2D eigenvalue weighted by Gasteiger charge is 2.19. The van der Waals surface area contributed by atoms with Gasteiger partial charge in [0.05, 0.1) is 11.3 Å². The van der Waals surface area contributed by atoms with Crippen LogP contribution in [0.3, 0.4) is 0 Å². The first-order valence-electron chi connectivity index (χ1n) is 10.1. The zero-order chi connectivity index (χ0) is 23.1. The first-order valence-corrected chi connectivity index (χ1v) is 11.1. The van der Waals surface area contributed by atoms with Gasteiger partial charge in [-0.2, -0.15) is 0 Å². The van der Waals surface area contributed by atoms with Crippen LogP contribution in [-0.4, -0.2) is 55.4 Å². The summed E-state index contributed by atoms with van der Waals surface area (Å²) >= 11 is 1.12. The molecule has 168 valence electrons. The van der Waals surface area contributed by atoms with Gasteiger partial charge >= 0.3 is 0 Å². The number of likely N-dealkylation sites (N-methyl/N-ethyl adjacent to an activating group) is 1. The highest BCUT2D eigenvalue weighted by Crippen LogP contribution is 2.28. The van der Waals surface area contributed by atoms with E-state index in [0.717, 1.165) is 11.8 Å². The van der Waals surface area contributed by atoms with E-state index < -0.39 is 0 Å². The molecule has 0 fully saturated rings. The Balaban J connectivity index is 1.79. The number of benzene rings is 2. The number of para-hydroxylation sites is 1. The SMILES string of the molecule is CCN(CC)C(=O)Cn1nc(-c2ccccc2O)nc1SCC(=O)Nc1ccc(F)cc1. The lowest BCUT2D eigenvalue weighted by Crippen LogP contribution is -2.33. The number of phenols is 1. The molecule has 0 bridgehead atoms. The van der Waals surface area contributed by atoms with Crippen molar-refractivity contribution in [1.82, 2.24) is 19.7 Å². The van der Waals surface area contributed by atoms with Gasteiger partial charge in [0.2, 0.25) is 11.8 Å². The van der Waals surface area contributed by atoms with Crippen LogP contribution in [0.2, 0.25) is 0 Å². The average Bonchev–Trinajstić information content (AvgIpc) is 3.17. The van der Waals surface area contributed by atoms with Crippen molar-refractivity contribution in [2.75, 3.05) is 24.2 Å². The highest BCUT2D eigenvalue weighted by atomic mass is 32.2. The summed E-state index contributed by atoms with van der Waals surface area (Å²) in [7, 11) is 0. The molecule has 0 aliphatic heterocycles. The van der Waals surface area contributed by atoms with Crippen LogP contribution in [0, 0.1) is 5.82 Å². The number of amides is 2. The largest absolute Gasteiger partial charge is 0.507 e. The number of halogens is 1. The Hall–Kier alpha value is -3.40. The molecule has 3 aromatic rings. The van der Waals surface area contributed by atoms with Crippen molar-refractivity contribution in [3.05, 3.63) is 54.3 Å². The molecule has 0 aliphatic rings. The fourth-order valence-electron chi connectivity index (χ4n) is 2.98. The van der Waals surface area contributed by atoms with Gasteiger partial charge in [-0.25, -0.2) is 14.1 Å². The van der Waals surface area contributed by atoms with Gasteiger partial charge in [0.1, 0.15) is 18.1 Å². The zero-order valence-corrected chi connectivity index (χ0v) is 18.6. The Labute approximate surface area is 189 Å². The van der Waals surface area contributed by atoms with Gasteiger partial charge in [0.15, 0.2) is 11.0 Å². The topological polar surface area (TPSA) is 100 Å². The van der Waals surface area contributed by atoms with Gasteiger partial charge in [-0.05, 0) is 50.2 Å². The molecule has 32 heavy (non-hydrogen) atoms. The fraction of sp³-hybridized carbons (Fsp3) is 0.273. The van der Waals surface area contributed by atoms with Crippen LogP contribution < -0.4 is 5.32 Å². The van der Waals surface area contributed by atoms with Gasteiger partial charge in [-0.1, -0.05) is 23.9 Å². The second-order valence-electron chi connectivity index (χ2n) is 6.80. The van der Waals surface area contributed by atoms with Crippen LogP contribution >= 0.6 is 11.8 Å². The van der Waals surface area contributed by atoms with Crippen LogP contribution in [0.15, 0.2) is 53.7 Å². The van der Waals surface area contributed by atoms with E-state index in [2.05, 4.69) is 15.4 Å². The minimum atomic E-state index is -0.389. The minimum absolute atomic E-state index is 0.00966.